The number of aromatic amines is 1. The van der Waals surface area contributed by atoms with Crippen molar-refractivity contribution in [2.45, 2.75) is 0 Å². The van der Waals surface area contributed by atoms with E-state index < -0.39 is 0 Å². The molecule has 43 valence electrons. The van der Waals surface area contributed by atoms with Gasteiger partial charge in [-0.15, -0.1) is 0 Å². The average molecular weight is 247 g/mol. The zero-order valence-corrected chi connectivity index (χ0v) is 6.52. The van der Waals surface area contributed by atoms with Crippen molar-refractivity contribution in [1.29, 1.82) is 0 Å². The van der Waals surface area contributed by atoms with E-state index >= 15 is 0 Å². The summed E-state index contributed by atoms with van der Waals surface area (Å²) in [5, 5.41) is 0. The van der Waals surface area contributed by atoms with Crippen LogP contribution in [-0.4, -0.2) is 4.98 Å². The molecule has 0 bridgehead atoms. The maximum absolute atomic E-state index is 10.2. The van der Waals surface area contributed by atoms with E-state index in [-0.39, 0.29) is 54.9 Å². The molecule has 1 radical (unpaired) electrons. The van der Waals surface area contributed by atoms with Crippen LogP contribution >= 0.6 is 0 Å². The molecule has 1 rings (SSSR count). The molecule has 0 saturated heterocycles. The van der Waals surface area contributed by atoms with Gasteiger partial charge in [-0.3, -0.25) is 4.79 Å². The first kappa shape index (κ1) is 8.53. The normalized spacial score (nSPS) is 7.50. The number of hydrogen-bond acceptors (Lipinski definition) is 1. The number of rotatable bonds is 0. The first-order valence-corrected chi connectivity index (χ1v) is 2.03. The summed E-state index contributed by atoms with van der Waals surface area (Å²) in [4.78, 5) is 12.7. The Kier molecular flexibility index (Phi) is 4.71. The number of pyridine rings is 1. The molecule has 0 amide bonds. The zero-order chi connectivity index (χ0) is 5.11. The molecular formula is C5H5EuNO. The van der Waals surface area contributed by atoms with Crippen LogP contribution in [0.4, 0.5) is 0 Å². The van der Waals surface area contributed by atoms with Gasteiger partial charge in [0.1, 0.15) is 0 Å². The molecule has 0 atom stereocenters. The molecule has 0 fully saturated rings. The topological polar surface area (TPSA) is 32.9 Å². The second kappa shape index (κ2) is 4.42. The molecule has 0 aliphatic rings. The third kappa shape index (κ3) is 2.75. The van der Waals surface area contributed by atoms with Crippen molar-refractivity contribution >= 4 is 0 Å². The monoisotopic (exact) mass is 248 g/mol. The van der Waals surface area contributed by atoms with Crippen molar-refractivity contribution in [3.8, 4) is 0 Å². The van der Waals surface area contributed by atoms with Gasteiger partial charge in [-0.2, -0.15) is 0 Å². The molecule has 0 aromatic carbocycles. The largest absolute Gasteiger partial charge is 0.329 e. The van der Waals surface area contributed by atoms with Gasteiger partial charge in [-0.25, -0.2) is 0 Å². The molecule has 1 N–H and O–H groups in total. The molecular weight excluding hydrogens is 242 g/mol. The Morgan fingerprint density at radius 1 is 1.38 bits per heavy atom. The summed E-state index contributed by atoms with van der Waals surface area (Å²) in [6.07, 6.45) is 1.60. The van der Waals surface area contributed by atoms with E-state index in [1.54, 1.807) is 18.3 Å². The fraction of sp³-hybridized carbons (Fsp3) is 0. The van der Waals surface area contributed by atoms with E-state index in [1.807, 2.05) is 0 Å². The summed E-state index contributed by atoms with van der Waals surface area (Å²) in [6, 6.07) is 4.93. The molecule has 0 aliphatic heterocycles. The Hall–Kier alpha value is 0.534. The van der Waals surface area contributed by atoms with E-state index in [9.17, 15) is 4.79 Å². The SMILES string of the molecule is O=c1cccc[nH]1.[Eu]. The van der Waals surface area contributed by atoms with E-state index in [2.05, 4.69) is 4.98 Å². The van der Waals surface area contributed by atoms with Gasteiger partial charge in [0, 0.05) is 61.6 Å². The number of nitrogens with one attached hydrogen (secondary N) is 1. The number of H-pyrrole nitrogens is 1. The number of hydrogen-bond donors (Lipinski definition) is 1. The van der Waals surface area contributed by atoms with Crippen LogP contribution in [0, 0.1) is 49.4 Å². The van der Waals surface area contributed by atoms with Gasteiger partial charge in [0.2, 0.25) is 5.56 Å². The summed E-state index contributed by atoms with van der Waals surface area (Å²) in [5.74, 6) is 0. The van der Waals surface area contributed by atoms with Crippen LogP contribution in [0.2, 0.25) is 0 Å². The summed E-state index contributed by atoms with van der Waals surface area (Å²) >= 11 is 0. The van der Waals surface area contributed by atoms with Crippen LogP contribution in [0.25, 0.3) is 0 Å². The summed E-state index contributed by atoms with van der Waals surface area (Å²) in [5.41, 5.74) is -0.0532. The summed E-state index contributed by atoms with van der Waals surface area (Å²) < 4.78 is 0. The van der Waals surface area contributed by atoms with Gasteiger partial charge < -0.3 is 4.98 Å². The summed E-state index contributed by atoms with van der Waals surface area (Å²) in [7, 11) is 0. The standard InChI is InChI=1S/C5H5NO.Eu/c7-5-3-1-2-4-6-5;/h1-4H,(H,6,7);. The Bertz CT molecular complexity index is 178. The molecule has 0 saturated carbocycles. The maximum atomic E-state index is 10.2. The smallest absolute Gasteiger partial charge is 0.247 e. The zero-order valence-electron chi connectivity index (χ0n) is 4.10. The Balaban J connectivity index is 0.000000490. The van der Waals surface area contributed by atoms with Crippen LogP contribution in [0.1, 0.15) is 0 Å². The van der Waals surface area contributed by atoms with Gasteiger partial charge in [-0.1, -0.05) is 6.07 Å². The molecule has 0 unspecified atom stereocenters. The molecule has 3 heteroatoms. The minimum Gasteiger partial charge on any atom is -0.329 e. The van der Waals surface area contributed by atoms with Crippen LogP contribution in [0.3, 0.4) is 0 Å². The van der Waals surface area contributed by atoms with E-state index in [4.69, 9.17) is 0 Å². The van der Waals surface area contributed by atoms with Crippen molar-refractivity contribution in [3.05, 3.63) is 34.7 Å². The molecule has 0 aliphatic carbocycles. The van der Waals surface area contributed by atoms with Crippen LogP contribution in [0.5, 0.6) is 0 Å². The Morgan fingerprint density at radius 3 is 2.38 bits per heavy atom. The fourth-order valence-corrected chi connectivity index (χ4v) is 0.377. The van der Waals surface area contributed by atoms with Crippen molar-refractivity contribution in [2.24, 2.45) is 0 Å². The molecule has 0 spiro atoms. The molecule has 1 aromatic rings. The Labute approximate surface area is 87.9 Å². The molecule has 1 aromatic heterocycles. The molecule has 8 heavy (non-hydrogen) atoms. The van der Waals surface area contributed by atoms with Gasteiger partial charge in [-0.05, 0) is 6.07 Å². The van der Waals surface area contributed by atoms with Crippen molar-refractivity contribution in [1.82, 2.24) is 4.98 Å². The van der Waals surface area contributed by atoms with E-state index in [0.717, 1.165) is 0 Å². The minimum absolute atomic E-state index is 0. The maximum Gasteiger partial charge on any atom is 0.247 e. The second-order valence-electron chi connectivity index (χ2n) is 1.23. The van der Waals surface area contributed by atoms with E-state index in [1.165, 1.54) is 6.07 Å². The molecule has 1 heterocycles. The van der Waals surface area contributed by atoms with Crippen molar-refractivity contribution in [2.75, 3.05) is 0 Å². The van der Waals surface area contributed by atoms with Gasteiger partial charge in [0.15, 0.2) is 0 Å². The van der Waals surface area contributed by atoms with Crippen molar-refractivity contribution < 1.29 is 49.4 Å². The van der Waals surface area contributed by atoms with Crippen LogP contribution < -0.4 is 5.56 Å². The molecule has 2 nitrogen and oxygen atoms in total. The third-order valence-corrected chi connectivity index (χ3v) is 0.681. The van der Waals surface area contributed by atoms with Gasteiger partial charge in [0.05, 0.1) is 0 Å². The predicted octanol–water partition coefficient (Wildman–Crippen LogP) is 0.375. The average Bonchev–Trinajstić information content (AvgIpc) is 1.69. The van der Waals surface area contributed by atoms with Gasteiger partial charge >= 0.3 is 0 Å². The van der Waals surface area contributed by atoms with E-state index in [0.29, 0.717) is 0 Å². The van der Waals surface area contributed by atoms with Gasteiger partial charge in [0.25, 0.3) is 0 Å². The van der Waals surface area contributed by atoms with Crippen LogP contribution in [0.15, 0.2) is 29.2 Å². The third-order valence-electron chi connectivity index (χ3n) is 0.681. The fourth-order valence-electron chi connectivity index (χ4n) is 0.377. The Morgan fingerprint density at radius 2 is 2.12 bits per heavy atom. The quantitative estimate of drug-likeness (QED) is 0.706. The van der Waals surface area contributed by atoms with Crippen molar-refractivity contribution in [3.63, 3.8) is 0 Å². The summed E-state index contributed by atoms with van der Waals surface area (Å²) in [6.45, 7) is 0. The predicted molar refractivity (Wildman–Crippen MR) is 27.1 cm³/mol. The first-order valence-electron chi connectivity index (χ1n) is 2.03. The number of aromatic nitrogens is 1. The minimum atomic E-state index is -0.0532. The van der Waals surface area contributed by atoms with Crippen LogP contribution in [-0.2, 0) is 0 Å². The second-order valence-corrected chi connectivity index (χ2v) is 1.23. The first-order chi connectivity index (χ1) is 3.39.